The maximum absolute atomic E-state index is 7.74. The number of halogens is 1. The van der Waals surface area contributed by atoms with E-state index in [-0.39, 0.29) is 24.4 Å². The van der Waals surface area contributed by atoms with Gasteiger partial charge in [-0.1, -0.05) is 0 Å². The molecule has 0 unspecified atom stereocenters. The van der Waals surface area contributed by atoms with Gasteiger partial charge in [-0.2, -0.15) is 6.92 Å². The number of rotatable bonds is 0. The molecule has 0 amide bonds. The quantitative estimate of drug-likeness (QED) is 0.270. The van der Waals surface area contributed by atoms with Gasteiger partial charge in [0.15, 0.2) is 0 Å². The molecule has 0 aromatic carbocycles. The van der Waals surface area contributed by atoms with Crippen molar-refractivity contribution in [3.8, 4) is 0 Å². The first kappa shape index (κ1) is 9.28. The predicted molar refractivity (Wildman–Crippen MR) is 16.7 cm³/mol. The average molecular weight is 86.4 g/mol. The first-order valence-electron chi connectivity index (χ1n) is 0.913. The number of hydrogen-bond donors (Lipinski definition) is 1. The third-order valence-electron chi connectivity index (χ3n) is 0. The van der Waals surface area contributed by atoms with Crippen molar-refractivity contribution in [3.05, 3.63) is 5.56 Å². The van der Waals surface area contributed by atoms with Crippen LogP contribution in [0.4, 0.5) is 0 Å². The molecule has 0 aliphatic carbocycles. The van der Waals surface area contributed by atoms with Crippen LogP contribution in [0, 0.1) is 5.56 Å². The van der Waals surface area contributed by atoms with Crippen molar-refractivity contribution in [3.63, 3.8) is 0 Å². The second-order valence-corrected chi connectivity index (χ2v) is 1.04. The Morgan fingerprint density at radius 2 is 1.80 bits per heavy atom. The molecule has 0 atom stereocenters. The van der Waals surface area contributed by atoms with Gasteiger partial charge in [-0.15, -0.1) is 5.56 Å². The van der Waals surface area contributed by atoms with E-state index in [2.05, 4.69) is 0 Å². The van der Waals surface area contributed by atoms with Crippen LogP contribution in [0.25, 0.3) is 0 Å². The van der Waals surface area contributed by atoms with Crippen LogP contribution in [0.1, 0.15) is 6.92 Å². The summed E-state index contributed by atoms with van der Waals surface area (Å²) in [5, 5.41) is 7.74. The van der Waals surface area contributed by atoms with E-state index in [0.717, 1.165) is 0 Å². The molecule has 0 heterocycles. The second kappa shape index (κ2) is 4.85. The molecule has 0 spiro atoms. The molecule has 0 aliphatic rings. The summed E-state index contributed by atoms with van der Waals surface area (Å²) < 4.78 is 0. The van der Waals surface area contributed by atoms with E-state index in [1.807, 2.05) is 0 Å². The molecule has 0 rings (SSSR count). The molecule has 0 aliphatic heterocycles. The molecule has 0 aromatic rings. The Morgan fingerprint density at radius 3 is 1.80 bits per heavy atom. The third kappa shape index (κ3) is 54.7. The Balaban J connectivity index is 0. The molecule has 0 saturated heterocycles. The standard InChI is InChI=1S/C2H4ClO.Li/c1-2(3)4;/h4H,1H3;/q-1;+1. The molecular formula is C2H4ClLiO. The van der Waals surface area contributed by atoms with Gasteiger partial charge in [-0.3, -0.25) is 0 Å². The maximum atomic E-state index is 7.74. The van der Waals surface area contributed by atoms with Gasteiger partial charge < -0.3 is 16.7 Å². The Morgan fingerprint density at radius 1 is 1.80 bits per heavy atom. The summed E-state index contributed by atoms with van der Waals surface area (Å²) in [6.45, 7) is 1.40. The molecule has 0 fully saturated rings. The summed E-state index contributed by atoms with van der Waals surface area (Å²) >= 11 is 4.75. The van der Waals surface area contributed by atoms with Crippen LogP contribution < -0.4 is 18.9 Å². The minimum atomic E-state index is -0.111. The first-order valence-corrected chi connectivity index (χ1v) is 1.29. The maximum Gasteiger partial charge on any atom is 1.00 e. The summed E-state index contributed by atoms with van der Waals surface area (Å²) in [7, 11) is 0. The van der Waals surface area contributed by atoms with Gasteiger partial charge in [0.05, 0.1) is 0 Å². The largest absolute Gasteiger partial charge is 1.00 e. The summed E-state index contributed by atoms with van der Waals surface area (Å²) in [4.78, 5) is 0. The smallest absolute Gasteiger partial charge is 0.548 e. The van der Waals surface area contributed by atoms with Crippen LogP contribution >= 0.6 is 11.6 Å². The Hall–Kier alpha value is 0.847. The topological polar surface area (TPSA) is 20.2 Å². The van der Waals surface area contributed by atoms with E-state index in [1.54, 1.807) is 0 Å². The SMILES string of the molecule is C[C-](O)Cl.[Li+]. The molecular weight excluding hydrogens is 82.4 g/mol. The van der Waals surface area contributed by atoms with Crippen LogP contribution in [0.15, 0.2) is 0 Å². The summed E-state index contributed by atoms with van der Waals surface area (Å²) in [5.41, 5.74) is -0.111. The minimum Gasteiger partial charge on any atom is -0.548 e. The molecule has 26 valence electrons. The average Bonchev–Trinajstić information content (AvgIpc) is 0.811. The number of aliphatic hydroxyl groups excluding tert-OH is 1. The zero-order chi connectivity index (χ0) is 3.58. The van der Waals surface area contributed by atoms with Crippen molar-refractivity contribution in [2.24, 2.45) is 0 Å². The number of aliphatic hydroxyl groups is 1. The minimum absolute atomic E-state index is 0. The van der Waals surface area contributed by atoms with E-state index in [0.29, 0.717) is 0 Å². The van der Waals surface area contributed by atoms with Crippen LogP contribution in [-0.2, 0) is 0 Å². The van der Waals surface area contributed by atoms with E-state index in [1.165, 1.54) is 6.92 Å². The van der Waals surface area contributed by atoms with Gasteiger partial charge in [0.2, 0.25) is 0 Å². The summed E-state index contributed by atoms with van der Waals surface area (Å²) in [6.07, 6.45) is 0. The van der Waals surface area contributed by atoms with Gasteiger partial charge in [0.25, 0.3) is 0 Å². The molecule has 0 radical (unpaired) electrons. The van der Waals surface area contributed by atoms with Crippen molar-refractivity contribution in [1.29, 1.82) is 0 Å². The molecule has 5 heavy (non-hydrogen) atoms. The van der Waals surface area contributed by atoms with Crippen LogP contribution in [0.3, 0.4) is 0 Å². The first-order chi connectivity index (χ1) is 1.73. The van der Waals surface area contributed by atoms with Crippen LogP contribution in [0.5, 0.6) is 0 Å². The van der Waals surface area contributed by atoms with E-state index < -0.39 is 0 Å². The second-order valence-electron chi connectivity index (χ2n) is 0.497. The van der Waals surface area contributed by atoms with Gasteiger partial charge in [0, 0.05) is 0 Å². The monoisotopic (exact) mass is 86.0 g/mol. The van der Waals surface area contributed by atoms with Gasteiger partial charge in [0.1, 0.15) is 0 Å². The molecule has 0 aromatic heterocycles. The fourth-order valence-corrected chi connectivity index (χ4v) is 0. The molecule has 1 N–H and O–H groups in total. The summed E-state index contributed by atoms with van der Waals surface area (Å²) in [6, 6.07) is 0. The van der Waals surface area contributed by atoms with Crippen molar-refractivity contribution in [2.75, 3.05) is 0 Å². The van der Waals surface area contributed by atoms with Gasteiger partial charge in [-0.05, 0) is 0 Å². The Bertz CT molecular complexity index is 14.4. The predicted octanol–water partition coefficient (Wildman–Crippen LogP) is -1.89. The zero-order valence-corrected chi connectivity index (χ0v) is 4.08. The molecule has 3 heteroatoms. The Labute approximate surface area is 48.5 Å². The zero-order valence-electron chi connectivity index (χ0n) is 3.33. The van der Waals surface area contributed by atoms with Crippen LogP contribution in [-0.4, -0.2) is 5.11 Å². The Kier molecular flexibility index (Phi) is 9.00. The van der Waals surface area contributed by atoms with E-state index in [9.17, 15) is 0 Å². The fraction of sp³-hybridized carbons (Fsp3) is 0.500. The summed E-state index contributed by atoms with van der Waals surface area (Å²) in [5.74, 6) is 0. The van der Waals surface area contributed by atoms with E-state index >= 15 is 0 Å². The van der Waals surface area contributed by atoms with Gasteiger partial charge in [-0.25, -0.2) is 0 Å². The van der Waals surface area contributed by atoms with E-state index in [4.69, 9.17) is 16.7 Å². The fourth-order valence-electron chi connectivity index (χ4n) is 0. The normalized spacial score (nSPS) is 7.20. The number of hydrogen-bond acceptors (Lipinski definition) is 1. The molecule has 0 saturated carbocycles. The van der Waals surface area contributed by atoms with Crippen molar-refractivity contribution < 1.29 is 24.0 Å². The molecule has 0 bridgehead atoms. The van der Waals surface area contributed by atoms with Crippen molar-refractivity contribution in [1.82, 2.24) is 0 Å². The van der Waals surface area contributed by atoms with Gasteiger partial charge >= 0.3 is 18.9 Å². The van der Waals surface area contributed by atoms with Crippen molar-refractivity contribution >= 4 is 11.6 Å². The van der Waals surface area contributed by atoms with Crippen molar-refractivity contribution in [2.45, 2.75) is 6.92 Å². The molecule has 1 nitrogen and oxygen atoms in total. The third-order valence-corrected chi connectivity index (χ3v) is 0. The van der Waals surface area contributed by atoms with Crippen LogP contribution in [0.2, 0.25) is 0 Å².